The summed E-state index contributed by atoms with van der Waals surface area (Å²) in [6.07, 6.45) is 0. The third-order valence-corrected chi connectivity index (χ3v) is 13.9. The zero-order valence-electron chi connectivity index (χ0n) is 33.9. The van der Waals surface area contributed by atoms with Gasteiger partial charge in [0.05, 0.1) is 31.6 Å². The van der Waals surface area contributed by atoms with Crippen LogP contribution in [-0.4, -0.2) is 15.0 Å². The third kappa shape index (κ3) is 7.11. The quantitative estimate of drug-likeness (QED) is 0.143. The van der Waals surface area contributed by atoms with Gasteiger partial charge < -0.3 is 4.90 Å². The Balaban J connectivity index is 0.858. The maximum Gasteiger partial charge on any atom is 0.124 e. The molecular weight excluding hydrogens is 805 g/mol. The molecule has 296 valence electrons. The van der Waals surface area contributed by atoms with E-state index in [-0.39, 0.29) is 0 Å². The van der Waals surface area contributed by atoms with E-state index >= 15 is 0 Å². The SMILES string of the molecule is c1ccc2cc3nc(-c4ccc(N(c5ccc(-c6ccc(-c7nc8ccccc8s7)cc6)cc5)c5ccc(-c6ccc(-c7nc8ccccc8s7)cc6)cc5)cc4)ccc3cc2c1. The van der Waals surface area contributed by atoms with Crippen molar-refractivity contribution < 1.29 is 0 Å². The number of pyridine rings is 1. The van der Waals surface area contributed by atoms with Crippen LogP contribution < -0.4 is 4.90 Å². The molecule has 0 atom stereocenters. The van der Waals surface area contributed by atoms with Crippen LogP contribution in [-0.2, 0) is 0 Å². The van der Waals surface area contributed by atoms with Crippen LogP contribution in [0, 0.1) is 0 Å². The maximum absolute atomic E-state index is 5.11. The summed E-state index contributed by atoms with van der Waals surface area (Å²) >= 11 is 3.46. The molecule has 0 spiro atoms. The Kier molecular flexibility index (Phi) is 9.17. The smallest absolute Gasteiger partial charge is 0.124 e. The zero-order valence-corrected chi connectivity index (χ0v) is 35.5. The van der Waals surface area contributed by atoms with Crippen molar-refractivity contribution >= 4 is 81.8 Å². The minimum absolute atomic E-state index is 0.952. The van der Waals surface area contributed by atoms with E-state index in [1.54, 1.807) is 22.7 Å². The molecule has 0 saturated carbocycles. The molecule has 12 aromatic rings. The second kappa shape index (κ2) is 15.6. The first-order valence-electron chi connectivity index (χ1n) is 21.0. The molecule has 0 bridgehead atoms. The first-order valence-corrected chi connectivity index (χ1v) is 22.6. The first-order chi connectivity index (χ1) is 31.1. The minimum atomic E-state index is 0.952. The molecule has 6 heteroatoms. The second-order valence-corrected chi connectivity index (χ2v) is 17.8. The van der Waals surface area contributed by atoms with Crippen molar-refractivity contribution in [2.75, 3.05) is 4.90 Å². The third-order valence-electron chi connectivity index (χ3n) is 11.7. The Morgan fingerprint density at radius 2 is 0.683 bits per heavy atom. The van der Waals surface area contributed by atoms with Crippen molar-refractivity contribution in [3.05, 3.63) is 218 Å². The van der Waals surface area contributed by atoms with Gasteiger partial charge in [0.1, 0.15) is 10.0 Å². The molecule has 3 heterocycles. The van der Waals surface area contributed by atoms with Crippen LogP contribution in [0.4, 0.5) is 17.1 Å². The van der Waals surface area contributed by atoms with Crippen LogP contribution in [0.25, 0.3) is 96.8 Å². The molecular formula is C57H36N4S2. The van der Waals surface area contributed by atoms with E-state index in [2.05, 4.69) is 211 Å². The molecule has 9 aromatic carbocycles. The van der Waals surface area contributed by atoms with Crippen molar-refractivity contribution in [2.45, 2.75) is 0 Å². The van der Waals surface area contributed by atoms with Crippen molar-refractivity contribution in [1.29, 1.82) is 0 Å². The molecule has 4 nitrogen and oxygen atoms in total. The Labute approximate surface area is 372 Å². The van der Waals surface area contributed by atoms with Gasteiger partial charge in [0, 0.05) is 39.1 Å². The first kappa shape index (κ1) is 37.0. The summed E-state index contributed by atoms with van der Waals surface area (Å²) in [4.78, 5) is 17.2. The lowest BCUT2D eigenvalue weighted by Crippen LogP contribution is -2.09. The molecule has 0 unspecified atom stereocenters. The average Bonchev–Trinajstić information content (AvgIpc) is 4.00. The largest absolute Gasteiger partial charge is 0.311 e. The molecule has 0 fully saturated rings. The lowest BCUT2D eigenvalue weighted by molar-refractivity contribution is 1.28. The molecule has 0 N–H and O–H groups in total. The Hall–Kier alpha value is -7.77. The topological polar surface area (TPSA) is 41.9 Å². The van der Waals surface area contributed by atoms with Gasteiger partial charge in [-0.15, -0.1) is 22.7 Å². The standard InChI is InChI=1S/C57H36N4S2/c1-2-8-45-36-53-46(35-44(45)7-1)27-34-50(58-53)41-25-32-49(33-26-41)61(47-28-21-39(22-29-47)37-13-17-42(18-14-37)56-59-51-9-3-5-11-54(51)62-56)48-30-23-40(24-31-48)38-15-19-43(20-16-38)57-60-52-10-4-6-12-55(52)63-57/h1-36H. The molecule has 0 aliphatic heterocycles. The Morgan fingerprint density at radius 3 is 1.16 bits per heavy atom. The zero-order chi connectivity index (χ0) is 41.7. The molecule has 0 saturated heterocycles. The van der Waals surface area contributed by atoms with Crippen molar-refractivity contribution in [3.63, 3.8) is 0 Å². The fourth-order valence-electron chi connectivity index (χ4n) is 8.41. The predicted octanol–water partition coefficient (Wildman–Crippen LogP) is 16.4. The maximum atomic E-state index is 5.11. The van der Waals surface area contributed by atoms with E-state index in [9.17, 15) is 0 Å². The number of aromatic nitrogens is 3. The molecule has 0 aliphatic carbocycles. The molecule has 12 rings (SSSR count). The van der Waals surface area contributed by atoms with Crippen molar-refractivity contribution in [2.24, 2.45) is 0 Å². The summed E-state index contributed by atoms with van der Waals surface area (Å²) < 4.78 is 2.41. The molecule has 3 aromatic heterocycles. The summed E-state index contributed by atoms with van der Waals surface area (Å²) in [6, 6.07) is 77.8. The van der Waals surface area contributed by atoms with Gasteiger partial charge in [-0.1, -0.05) is 140 Å². The number of rotatable bonds is 8. The number of fused-ring (bicyclic) bond motifs is 4. The summed E-state index contributed by atoms with van der Waals surface area (Å²) in [7, 11) is 0. The summed E-state index contributed by atoms with van der Waals surface area (Å²) in [5.41, 5.74) is 15.2. The highest BCUT2D eigenvalue weighted by molar-refractivity contribution is 7.22. The Morgan fingerprint density at radius 1 is 0.286 bits per heavy atom. The van der Waals surface area contributed by atoms with Gasteiger partial charge in [-0.05, 0) is 112 Å². The minimum Gasteiger partial charge on any atom is -0.311 e. The lowest BCUT2D eigenvalue weighted by Gasteiger charge is -2.26. The molecule has 0 radical (unpaired) electrons. The number of hydrogen-bond acceptors (Lipinski definition) is 6. The predicted molar refractivity (Wildman–Crippen MR) is 267 cm³/mol. The molecule has 0 amide bonds. The van der Waals surface area contributed by atoms with Crippen LogP contribution >= 0.6 is 22.7 Å². The lowest BCUT2D eigenvalue weighted by atomic mass is 10.0. The number of anilines is 3. The average molecular weight is 841 g/mol. The van der Waals surface area contributed by atoms with Crippen LogP contribution in [0.3, 0.4) is 0 Å². The number of benzene rings is 9. The monoisotopic (exact) mass is 840 g/mol. The van der Waals surface area contributed by atoms with Gasteiger partial charge in [-0.25, -0.2) is 15.0 Å². The molecule has 0 aliphatic rings. The van der Waals surface area contributed by atoms with Gasteiger partial charge in [0.15, 0.2) is 0 Å². The number of nitrogens with zero attached hydrogens (tertiary/aromatic N) is 4. The van der Waals surface area contributed by atoms with Gasteiger partial charge in [-0.2, -0.15) is 0 Å². The Bertz CT molecular complexity index is 3370. The molecule has 63 heavy (non-hydrogen) atoms. The fourth-order valence-corrected chi connectivity index (χ4v) is 10.4. The number of para-hydroxylation sites is 2. The van der Waals surface area contributed by atoms with Gasteiger partial charge in [0.25, 0.3) is 0 Å². The van der Waals surface area contributed by atoms with E-state index in [0.29, 0.717) is 0 Å². The van der Waals surface area contributed by atoms with E-state index < -0.39 is 0 Å². The summed E-state index contributed by atoms with van der Waals surface area (Å²) in [6.45, 7) is 0. The van der Waals surface area contributed by atoms with E-state index in [0.717, 1.165) is 93.7 Å². The van der Waals surface area contributed by atoms with Gasteiger partial charge in [-0.3, -0.25) is 0 Å². The highest BCUT2D eigenvalue weighted by Crippen LogP contribution is 2.39. The van der Waals surface area contributed by atoms with E-state index in [1.165, 1.54) is 20.2 Å². The van der Waals surface area contributed by atoms with Gasteiger partial charge in [0.2, 0.25) is 0 Å². The highest BCUT2D eigenvalue weighted by Gasteiger charge is 2.15. The van der Waals surface area contributed by atoms with E-state index in [1.807, 2.05) is 12.1 Å². The normalized spacial score (nSPS) is 11.5. The van der Waals surface area contributed by atoms with E-state index in [4.69, 9.17) is 15.0 Å². The van der Waals surface area contributed by atoms with Crippen LogP contribution in [0.15, 0.2) is 218 Å². The fraction of sp³-hybridized carbons (Fsp3) is 0. The van der Waals surface area contributed by atoms with Crippen LogP contribution in [0.2, 0.25) is 0 Å². The van der Waals surface area contributed by atoms with Crippen molar-refractivity contribution in [3.8, 4) is 54.7 Å². The summed E-state index contributed by atoms with van der Waals surface area (Å²) in [5.74, 6) is 0. The van der Waals surface area contributed by atoms with Gasteiger partial charge >= 0.3 is 0 Å². The van der Waals surface area contributed by atoms with Crippen molar-refractivity contribution in [1.82, 2.24) is 15.0 Å². The number of thiazole rings is 2. The van der Waals surface area contributed by atoms with Crippen LogP contribution in [0.5, 0.6) is 0 Å². The second-order valence-electron chi connectivity index (χ2n) is 15.7. The van der Waals surface area contributed by atoms with Crippen LogP contribution in [0.1, 0.15) is 0 Å². The number of hydrogen-bond donors (Lipinski definition) is 0. The highest BCUT2D eigenvalue weighted by atomic mass is 32.1. The summed E-state index contributed by atoms with van der Waals surface area (Å²) in [5, 5.41) is 5.64.